The van der Waals surface area contributed by atoms with Crippen molar-refractivity contribution >= 4 is 17.5 Å². The molecule has 0 saturated carbocycles. The summed E-state index contributed by atoms with van der Waals surface area (Å²) in [5, 5.41) is 3.00. The number of rotatable bonds is 6. The number of nitrogens with one attached hydrogen (secondary N) is 1. The van der Waals surface area contributed by atoms with Crippen molar-refractivity contribution < 1.29 is 9.59 Å². The number of benzene rings is 2. The number of hydrogen-bond donors (Lipinski definition) is 1. The molecule has 2 aromatic carbocycles. The molecule has 0 bridgehead atoms. The van der Waals surface area contributed by atoms with Crippen LogP contribution in [0.4, 0.5) is 5.69 Å². The van der Waals surface area contributed by atoms with Gasteiger partial charge in [0.2, 0.25) is 11.8 Å². The Morgan fingerprint density at radius 3 is 2.63 bits per heavy atom. The number of aryl methyl sites for hydroxylation is 1. The van der Waals surface area contributed by atoms with Crippen molar-refractivity contribution in [3.8, 4) is 0 Å². The molecule has 2 aromatic rings. The molecule has 0 unspecified atom stereocenters. The van der Waals surface area contributed by atoms with Crippen LogP contribution in [0.3, 0.4) is 0 Å². The van der Waals surface area contributed by atoms with E-state index in [1.165, 1.54) is 11.1 Å². The average Bonchev–Trinajstić information content (AvgIpc) is 2.65. The number of para-hydroxylation sites is 1. The number of anilines is 1. The van der Waals surface area contributed by atoms with E-state index >= 15 is 0 Å². The lowest BCUT2D eigenvalue weighted by molar-refractivity contribution is -0.123. The summed E-state index contributed by atoms with van der Waals surface area (Å²) in [7, 11) is 3.74. The van der Waals surface area contributed by atoms with E-state index in [1.54, 1.807) is 11.9 Å². The molecule has 0 aliphatic carbocycles. The third-order valence-electron chi connectivity index (χ3n) is 5.07. The molecule has 1 N–H and O–H groups in total. The van der Waals surface area contributed by atoms with E-state index in [4.69, 9.17) is 0 Å². The fourth-order valence-corrected chi connectivity index (χ4v) is 3.51. The van der Waals surface area contributed by atoms with Crippen molar-refractivity contribution in [2.24, 2.45) is 0 Å². The second-order valence-corrected chi connectivity index (χ2v) is 7.37. The molecule has 5 nitrogen and oxygen atoms in total. The first-order chi connectivity index (χ1) is 12.9. The predicted molar refractivity (Wildman–Crippen MR) is 108 cm³/mol. The lowest BCUT2D eigenvalue weighted by Crippen LogP contribution is -2.40. The molecule has 1 aliphatic rings. The Bertz CT molecular complexity index is 817. The molecule has 1 heterocycles. The largest absolute Gasteiger partial charge is 0.354 e. The molecule has 0 fully saturated rings. The molecular formula is C22H27N3O2. The Labute approximate surface area is 161 Å². The minimum absolute atomic E-state index is 0.0199. The lowest BCUT2D eigenvalue weighted by atomic mass is 9.89. The van der Waals surface area contributed by atoms with Crippen molar-refractivity contribution in [2.75, 3.05) is 32.1 Å². The van der Waals surface area contributed by atoms with Crippen LogP contribution in [0.2, 0.25) is 0 Å². The summed E-state index contributed by atoms with van der Waals surface area (Å²) in [6.45, 7) is 3.60. The van der Waals surface area contributed by atoms with E-state index in [0.29, 0.717) is 19.5 Å². The molecule has 2 amide bonds. The van der Waals surface area contributed by atoms with Crippen LogP contribution in [0.15, 0.2) is 48.5 Å². The Kier molecular flexibility index (Phi) is 5.91. The summed E-state index contributed by atoms with van der Waals surface area (Å²) in [4.78, 5) is 28.3. The summed E-state index contributed by atoms with van der Waals surface area (Å²) in [6, 6.07) is 16.2. The summed E-state index contributed by atoms with van der Waals surface area (Å²) < 4.78 is 0. The molecule has 27 heavy (non-hydrogen) atoms. The highest BCUT2D eigenvalue weighted by Gasteiger charge is 2.28. The Morgan fingerprint density at radius 2 is 1.89 bits per heavy atom. The van der Waals surface area contributed by atoms with E-state index < -0.39 is 0 Å². The average molecular weight is 365 g/mol. The highest BCUT2D eigenvalue weighted by molar-refractivity contribution is 5.96. The number of carbonyl (C=O) groups is 2. The topological polar surface area (TPSA) is 52.7 Å². The van der Waals surface area contributed by atoms with Gasteiger partial charge in [-0.15, -0.1) is 0 Å². The number of fused-ring (bicyclic) bond motifs is 1. The lowest BCUT2D eigenvalue weighted by Gasteiger charge is -2.31. The van der Waals surface area contributed by atoms with Gasteiger partial charge in [0.25, 0.3) is 0 Å². The van der Waals surface area contributed by atoms with Crippen LogP contribution in [-0.4, -0.2) is 43.9 Å². The molecule has 1 atom stereocenters. The van der Waals surface area contributed by atoms with Gasteiger partial charge in [-0.05, 0) is 31.2 Å². The zero-order valence-corrected chi connectivity index (χ0v) is 16.2. The van der Waals surface area contributed by atoms with Crippen LogP contribution in [0, 0.1) is 6.92 Å². The maximum atomic E-state index is 12.4. The monoisotopic (exact) mass is 365 g/mol. The van der Waals surface area contributed by atoms with Gasteiger partial charge in [0.15, 0.2) is 0 Å². The maximum Gasteiger partial charge on any atom is 0.234 e. The minimum atomic E-state index is -0.0199. The Balaban J connectivity index is 1.54. The zero-order chi connectivity index (χ0) is 19.4. The fourth-order valence-electron chi connectivity index (χ4n) is 3.51. The standard InChI is InChI=1S/C22H27N3O2/c1-16-8-10-17(11-9-16)14-24(2)15-21(26)23-13-18-12-22(27)25(3)20-7-5-4-6-19(18)20/h4-11,18H,12-15H2,1-3H3,(H,23,26)/t18-/m1/s1. The van der Waals surface area contributed by atoms with E-state index in [0.717, 1.165) is 17.8 Å². The van der Waals surface area contributed by atoms with Gasteiger partial charge < -0.3 is 10.2 Å². The van der Waals surface area contributed by atoms with Crippen molar-refractivity contribution in [1.82, 2.24) is 10.2 Å². The van der Waals surface area contributed by atoms with Crippen LogP contribution < -0.4 is 10.2 Å². The first kappa shape index (κ1) is 19.1. The van der Waals surface area contributed by atoms with Crippen molar-refractivity contribution in [3.63, 3.8) is 0 Å². The van der Waals surface area contributed by atoms with Gasteiger partial charge in [-0.2, -0.15) is 0 Å². The fraction of sp³-hybridized carbons (Fsp3) is 0.364. The van der Waals surface area contributed by atoms with Crippen LogP contribution >= 0.6 is 0 Å². The first-order valence-electron chi connectivity index (χ1n) is 9.30. The number of nitrogens with zero attached hydrogens (tertiary/aromatic N) is 2. The van der Waals surface area contributed by atoms with Gasteiger partial charge in [-0.3, -0.25) is 14.5 Å². The van der Waals surface area contributed by atoms with Crippen LogP contribution in [0.1, 0.15) is 29.0 Å². The number of hydrogen-bond acceptors (Lipinski definition) is 3. The highest BCUT2D eigenvalue weighted by Crippen LogP contribution is 2.34. The molecule has 3 rings (SSSR count). The molecule has 142 valence electrons. The Morgan fingerprint density at radius 1 is 1.19 bits per heavy atom. The van der Waals surface area contributed by atoms with Gasteiger partial charge in [0, 0.05) is 38.2 Å². The summed E-state index contributed by atoms with van der Waals surface area (Å²) >= 11 is 0. The van der Waals surface area contributed by atoms with Crippen molar-refractivity contribution in [1.29, 1.82) is 0 Å². The molecule has 1 aliphatic heterocycles. The van der Waals surface area contributed by atoms with Crippen LogP contribution in [0.5, 0.6) is 0 Å². The normalized spacial score (nSPS) is 16.4. The quantitative estimate of drug-likeness (QED) is 0.856. The van der Waals surface area contributed by atoms with Gasteiger partial charge in [-0.1, -0.05) is 48.0 Å². The molecular weight excluding hydrogens is 338 g/mol. The van der Waals surface area contributed by atoms with Crippen molar-refractivity contribution in [3.05, 3.63) is 65.2 Å². The second kappa shape index (κ2) is 8.35. The van der Waals surface area contributed by atoms with Gasteiger partial charge in [0.05, 0.1) is 6.54 Å². The van der Waals surface area contributed by atoms with E-state index in [9.17, 15) is 9.59 Å². The van der Waals surface area contributed by atoms with Gasteiger partial charge in [-0.25, -0.2) is 0 Å². The zero-order valence-electron chi connectivity index (χ0n) is 16.2. The SMILES string of the molecule is Cc1ccc(CN(C)CC(=O)NC[C@H]2CC(=O)N(C)c3ccccc32)cc1. The molecule has 0 saturated heterocycles. The molecule has 5 heteroatoms. The highest BCUT2D eigenvalue weighted by atomic mass is 16.2. The Hall–Kier alpha value is -2.66. The summed E-state index contributed by atoms with van der Waals surface area (Å²) in [6.07, 6.45) is 0.424. The molecule has 0 radical (unpaired) electrons. The third-order valence-corrected chi connectivity index (χ3v) is 5.07. The predicted octanol–water partition coefficient (Wildman–Crippen LogP) is 2.69. The summed E-state index contributed by atoms with van der Waals surface area (Å²) in [5.41, 5.74) is 4.47. The number of carbonyl (C=O) groups excluding carboxylic acids is 2. The molecule has 0 spiro atoms. The van der Waals surface area contributed by atoms with E-state index in [2.05, 4.69) is 36.5 Å². The van der Waals surface area contributed by atoms with Crippen LogP contribution in [-0.2, 0) is 16.1 Å². The second-order valence-electron chi connectivity index (χ2n) is 7.37. The molecule has 0 aromatic heterocycles. The van der Waals surface area contributed by atoms with Crippen LogP contribution in [0.25, 0.3) is 0 Å². The number of amides is 2. The number of likely N-dealkylation sites (N-methyl/N-ethyl adjacent to an activating group) is 1. The first-order valence-corrected chi connectivity index (χ1v) is 9.30. The third kappa shape index (κ3) is 4.74. The van der Waals surface area contributed by atoms with Gasteiger partial charge >= 0.3 is 0 Å². The minimum Gasteiger partial charge on any atom is -0.354 e. The smallest absolute Gasteiger partial charge is 0.234 e. The summed E-state index contributed by atoms with van der Waals surface area (Å²) in [5.74, 6) is 0.0918. The van der Waals surface area contributed by atoms with E-state index in [-0.39, 0.29) is 17.7 Å². The van der Waals surface area contributed by atoms with Crippen molar-refractivity contribution in [2.45, 2.75) is 25.8 Å². The maximum absolute atomic E-state index is 12.4. The van der Waals surface area contributed by atoms with E-state index in [1.807, 2.05) is 36.2 Å². The van der Waals surface area contributed by atoms with Gasteiger partial charge in [0.1, 0.15) is 0 Å².